The molecule has 150 valence electrons. The summed E-state index contributed by atoms with van der Waals surface area (Å²) in [7, 11) is 3.49. The van der Waals surface area contributed by atoms with Crippen LogP contribution in [0.4, 0.5) is 5.69 Å². The smallest absolute Gasteiger partial charge is 0.242 e. The van der Waals surface area contributed by atoms with Gasteiger partial charge in [0, 0.05) is 31.4 Å². The number of rotatable bonds is 6. The second kappa shape index (κ2) is 7.50. The second-order valence-electron chi connectivity index (χ2n) is 7.21. The van der Waals surface area contributed by atoms with Crippen molar-refractivity contribution in [3.63, 3.8) is 0 Å². The molecular weight excluding hydrogens is 368 g/mol. The van der Waals surface area contributed by atoms with E-state index < -0.39 is 0 Å². The fourth-order valence-electron chi connectivity index (χ4n) is 3.35. The van der Waals surface area contributed by atoms with Gasteiger partial charge in [0.2, 0.25) is 5.88 Å². The number of pyridine rings is 1. The average Bonchev–Trinajstić information content (AvgIpc) is 3.29. The predicted octanol–water partition coefficient (Wildman–Crippen LogP) is 3.13. The van der Waals surface area contributed by atoms with Gasteiger partial charge in [0.1, 0.15) is 11.0 Å². The summed E-state index contributed by atoms with van der Waals surface area (Å²) in [6, 6.07) is 4.07. The Labute approximate surface area is 168 Å². The zero-order valence-electron chi connectivity index (χ0n) is 17.2. The first kappa shape index (κ1) is 18.9. The lowest BCUT2D eigenvalue weighted by Gasteiger charge is -2.14. The minimum absolute atomic E-state index is 0.204. The zero-order valence-corrected chi connectivity index (χ0v) is 17.2. The summed E-state index contributed by atoms with van der Waals surface area (Å²) >= 11 is 0. The number of ether oxygens (including phenoxy) is 1. The Hall–Kier alpha value is -3.49. The lowest BCUT2D eigenvalue weighted by molar-refractivity contribution is 0.393. The van der Waals surface area contributed by atoms with E-state index in [4.69, 9.17) is 14.8 Å². The van der Waals surface area contributed by atoms with Gasteiger partial charge < -0.3 is 10.1 Å². The average molecular weight is 392 g/mol. The van der Waals surface area contributed by atoms with Crippen molar-refractivity contribution in [1.29, 1.82) is 0 Å². The number of methoxy groups -OCH3 is 1. The molecule has 0 aliphatic carbocycles. The molecule has 0 saturated carbocycles. The van der Waals surface area contributed by atoms with Crippen LogP contribution in [0.25, 0.3) is 22.3 Å². The first-order valence-corrected chi connectivity index (χ1v) is 9.45. The molecule has 4 aromatic heterocycles. The first-order valence-electron chi connectivity index (χ1n) is 9.45. The maximum atomic E-state index is 5.39. The van der Waals surface area contributed by atoms with E-state index >= 15 is 0 Å². The topological polar surface area (TPSA) is 95.6 Å². The summed E-state index contributed by atoms with van der Waals surface area (Å²) < 4.78 is 9.19. The Morgan fingerprint density at radius 1 is 1.28 bits per heavy atom. The number of nitrogens with one attached hydrogen (secondary N) is 1. The van der Waals surface area contributed by atoms with E-state index in [1.807, 2.05) is 43.2 Å². The van der Waals surface area contributed by atoms with Crippen LogP contribution in [0.2, 0.25) is 0 Å². The Morgan fingerprint density at radius 3 is 2.79 bits per heavy atom. The molecule has 0 aromatic carbocycles. The molecule has 0 atom stereocenters. The van der Waals surface area contributed by atoms with E-state index in [9.17, 15) is 0 Å². The maximum Gasteiger partial charge on any atom is 0.242 e. The van der Waals surface area contributed by atoms with Crippen molar-refractivity contribution < 1.29 is 4.74 Å². The third kappa shape index (κ3) is 3.51. The van der Waals surface area contributed by atoms with Gasteiger partial charge in [0.25, 0.3) is 0 Å². The van der Waals surface area contributed by atoms with Gasteiger partial charge in [0.15, 0.2) is 0 Å². The van der Waals surface area contributed by atoms with Crippen molar-refractivity contribution in [2.45, 2.75) is 33.4 Å². The molecule has 0 unspecified atom stereocenters. The number of anilines is 1. The highest BCUT2D eigenvalue weighted by atomic mass is 16.5. The van der Waals surface area contributed by atoms with Gasteiger partial charge in [-0.05, 0) is 32.9 Å². The van der Waals surface area contributed by atoms with Crippen molar-refractivity contribution >= 4 is 16.7 Å². The number of fused-ring (bicyclic) bond motifs is 1. The zero-order chi connectivity index (χ0) is 20.5. The summed E-state index contributed by atoms with van der Waals surface area (Å²) in [5, 5.41) is 20.5. The van der Waals surface area contributed by atoms with Gasteiger partial charge in [0.05, 0.1) is 42.1 Å². The number of aryl methyl sites for hydroxylation is 2. The van der Waals surface area contributed by atoms with Crippen molar-refractivity contribution in [3.8, 4) is 17.1 Å². The fourth-order valence-corrected chi connectivity index (χ4v) is 3.35. The second-order valence-corrected chi connectivity index (χ2v) is 7.21. The Morgan fingerprint density at radius 2 is 2.10 bits per heavy atom. The minimum atomic E-state index is 0.204. The van der Waals surface area contributed by atoms with Crippen molar-refractivity contribution in [3.05, 3.63) is 42.0 Å². The minimum Gasteiger partial charge on any atom is -0.479 e. The maximum absolute atomic E-state index is 5.39. The molecule has 0 bridgehead atoms. The van der Waals surface area contributed by atoms with Crippen LogP contribution in [0.1, 0.15) is 31.1 Å². The highest BCUT2D eigenvalue weighted by Gasteiger charge is 2.19. The number of nitrogens with zero attached hydrogens (tertiary/aromatic N) is 7. The van der Waals surface area contributed by atoms with Gasteiger partial charge in [-0.2, -0.15) is 15.3 Å². The molecule has 0 saturated heterocycles. The molecule has 0 amide bonds. The van der Waals surface area contributed by atoms with Crippen LogP contribution in [-0.4, -0.2) is 41.9 Å². The van der Waals surface area contributed by atoms with Crippen LogP contribution >= 0.6 is 0 Å². The monoisotopic (exact) mass is 392 g/mol. The SMILES string of the molecule is COc1nnccc1-c1cc(NCc2cnn(C)c2)c2c(n1)c(C)nn2C(C)C. The molecule has 29 heavy (non-hydrogen) atoms. The van der Waals surface area contributed by atoms with Gasteiger partial charge >= 0.3 is 0 Å². The molecule has 0 aliphatic heterocycles. The van der Waals surface area contributed by atoms with Crippen LogP contribution in [0, 0.1) is 6.92 Å². The van der Waals surface area contributed by atoms with Crippen LogP contribution in [-0.2, 0) is 13.6 Å². The summed E-state index contributed by atoms with van der Waals surface area (Å²) in [4.78, 5) is 4.89. The third-order valence-electron chi connectivity index (χ3n) is 4.71. The molecule has 9 nitrogen and oxygen atoms in total. The molecule has 4 aromatic rings. The van der Waals surface area contributed by atoms with Crippen LogP contribution in [0.5, 0.6) is 5.88 Å². The molecule has 4 rings (SSSR count). The summed E-state index contributed by atoms with van der Waals surface area (Å²) in [5.74, 6) is 0.437. The molecule has 9 heteroatoms. The highest BCUT2D eigenvalue weighted by Crippen LogP contribution is 2.34. The largest absolute Gasteiger partial charge is 0.479 e. The predicted molar refractivity (Wildman–Crippen MR) is 111 cm³/mol. The van der Waals surface area contributed by atoms with E-state index in [0.29, 0.717) is 12.4 Å². The molecule has 1 N–H and O–H groups in total. The summed E-state index contributed by atoms with van der Waals surface area (Å²) in [6.07, 6.45) is 5.48. The lowest BCUT2D eigenvalue weighted by Crippen LogP contribution is -2.07. The van der Waals surface area contributed by atoms with E-state index in [1.165, 1.54) is 0 Å². The highest BCUT2D eigenvalue weighted by molar-refractivity contribution is 5.93. The fraction of sp³-hybridized carbons (Fsp3) is 0.350. The number of hydrogen-bond donors (Lipinski definition) is 1. The van der Waals surface area contributed by atoms with Gasteiger partial charge in [-0.3, -0.25) is 9.36 Å². The van der Waals surface area contributed by atoms with Crippen molar-refractivity contribution in [2.75, 3.05) is 12.4 Å². The van der Waals surface area contributed by atoms with Crippen molar-refractivity contribution in [1.82, 2.24) is 34.7 Å². The standard InChI is InChI=1S/C20H24N8O/c1-12(2)28-19-17(21-9-14-10-23-27(4)11-14)8-16(24-18(19)13(3)26-28)15-6-7-22-25-20(15)29-5/h6-8,10-12H,9H2,1-5H3,(H,21,24). The summed E-state index contributed by atoms with van der Waals surface area (Å²) in [5.41, 5.74) is 6.28. The normalized spacial score (nSPS) is 11.4. The van der Waals surface area contributed by atoms with Crippen LogP contribution in [0.15, 0.2) is 30.7 Å². The van der Waals surface area contributed by atoms with Crippen LogP contribution in [0.3, 0.4) is 0 Å². The van der Waals surface area contributed by atoms with Gasteiger partial charge in [-0.1, -0.05) is 0 Å². The van der Waals surface area contributed by atoms with Crippen LogP contribution < -0.4 is 10.1 Å². The van der Waals surface area contributed by atoms with Gasteiger partial charge in [-0.25, -0.2) is 4.98 Å². The van der Waals surface area contributed by atoms with E-state index in [0.717, 1.165) is 39.2 Å². The number of aromatic nitrogens is 7. The Balaban J connectivity index is 1.87. The Kier molecular flexibility index (Phi) is 4.87. The summed E-state index contributed by atoms with van der Waals surface area (Å²) in [6.45, 7) is 6.84. The molecule has 0 radical (unpaired) electrons. The molecule has 0 spiro atoms. The van der Waals surface area contributed by atoms with Crippen molar-refractivity contribution in [2.24, 2.45) is 7.05 Å². The molecule has 4 heterocycles. The lowest BCUT2D eigenvalue weighted by atomic mass is 10.1. The van der Waals surface area contributed by atoms with E-state index in [2.05, 4.69) is 34.5 Å². The molecular formula is C20H24N8O. The first-order chi connectivity index (χ1) is 14.0. The quantitative estimate of drug-likeness (QED) is 0.538. The molecule has 0 fully saturated rings. The third-order valence-corrected chi connectivity index (χ3v) is 4.71. The van der Waals surface area contributed by atoms with Gasteiger partial charge in [-0.15, -0.1) is 5.10 Å². The number of hydrogen-bond acceptors (Lipinski definition) is 7. The molecule has 0 aliphatic rings. The Bertz CT molecular complexity index is 1160. The van der Waals surface area contributed by atoms with E-state index in [-0.39, 0.29) is 6.04 Å². The van der Waals surface area contributed by atoms with E-state index in [1.54, 1.807) is 18.0 Å².